The van der Waals surface area contributed by atoms with E-state index in [9.17, 15) is 0 Å². The first kappa shape index (κ1) is 12.1. The molecule has 1 aliphatic heterocycles. The van der Waals surface area contributed by atoms with Crippen molar-refractivity contribution in [2.45, 2.75) is 56.4 Å². The smallest absolute Gasteiger partial charge is 0.231 e. The van der Waals surface area contributed by atoms with Crippen molar-refractivity contribution in [3.63, 3.8) is 0 Å². The summed E-state index contributed by atoms with van der Waals surface area (Å²) in [4.78, 5) is 4.57. The van der Waals surface area contributed by atoms with Gasteiger partial charge in [0.2, 0.25) is 5.89 Å². The van der Waals surface area contributed by atoms with Crippen LogP contribution in [0.25, 0.3) is 0 Å². The fourth-order valence-corrected chi connectivity index (χ4v) is 3.06. The first-order valence-electron chi connectivity index (χ1n) is 6.87. The average molecular weight is 251 g/mol. The first-order chi connectivity index (χ1) is 8.67. The molecule has 3 rings (SSSR count). The standard InChI is InChI=1S/C13H21N3O2/c1-13(14)6-3-2-4-10(13)12-15-11(16-18-12)9-5-7-17-8-9/h9-10H,2-8,14H2,1H3. The zero-order valence-electron chi connectivity index (χ0n) is 10.9. The Morgan fingerprint density at radius 3 is 2.94 bits per heavy atom. The van der Waals surface area contributed by atoms with Crippen molar-refractivity contribution in [1.82, 2.24) is 10.1 Å². The zero-order valence-corrected chi connectivity index (χ0v) is 10.9. The second-order valence-electron chi connectivity index (χ2n) is 5.86. The molecule has 18 heavy (non-hydrogen) atoms. The van der Waals surface area contributed by atoms with Gasteiger partial charge in [-0.3, -0.25) is 0 Å². The maximum atomic E-state index is 6.36. The largest absolute Gasteiger partial charge is 0.381 e. The molecule has 1 saturated heterocycles. The zero-order chi connectivity index (χ0) is 12.6. The van der Waals surface area contributed by atoms with Crippen LogP contribution in [0.5, 0.6) is 0 Å². The molecule has 5 heteroatoms. The Kier molecular flexibility index (Phi) is 3.11. The molecule has 2 fully saturated rings. The van der Waals surface area contributed by atoms with Gasteiger partial charge in [0.05, 0.1) is 12.5 Å². The van der Waals surface area contributed by atoms with Crippen molar-refractivity contribution in [2.24, 2.45) is 5.73 Å². The number of rotatable bonds is 2. The van der Waals surface area contributed by atoms with Gasteiger partial charge in [-0.15, -0.1) is 0 Å². The summed E-state index contributed by atoms with van der Waals surface area (Å²) in [6, 6.07) is 0. The van der Waals surface area contributed by atoms with Crippen molar-refractivity contribution < 1.29 is 9.26 Å². The van der Waals surface area contributed by atoms with Crippen LogP contribution in [0.15, 0.2) is 4.52 Å². The summed E-state index contributed by atoms with van der Waals surface area (Å²) in [5.41, 5.74) is 6.15. The fraction of sp³-hybridized carbons (Fsp3) is 0.846. The molecule has 100 valence electrons. The molecule has 0 amide bonds. The lowest BCUT2D eigenvalue weighted by atomic mass is 9.74. The summed E-state index contributed by atoms with van der Waals surface area (Å²) in [5.74, 6) is 2.02. The monoisotopic (exact) mass is 251 g/mol. The predicted octanol–water partition coefficient (Wildman–Crippen LogP) is 1.95. The summed E-state index contributed by atoms with van der Waals surface area (Å²) < 4.78 is 10.8. The highest BCUT2D eigenvalue weighted by molar-refractivity contribution is 5.08. The van der Waals surface area contributed by atoms with Gasteiger partial charge in [-0.25, -0.2) is 0 Å². The number of aromatic nitrogens is 2. The third-order valence-electron chi connectivity index (χ3n) is 4.30. The Hall–Kier alpha value is -0.940. The van der Waals surface area contributed by atoms with Gasteiger partial charge in [0.15, 0.2) is 5.82 Å². The molecule has 1 aromatic heterocycles. The van der Waals surface area contributed by atoms with E-state index in [1.54, 1.807) is 0 Å². The van der Waals surface area contributed by atoms with E-state index in [0.717, 1.165) is 37.6 Å². The van der Waals surface area contributed by atoms with Crippen LogP contribution in [0.3, 0.4) is 0 Å². The fourth-order valence-electron chi connectivity index (χ4n) is 3.06. The number of hydrogen-bond acceptors (Lipinski definition) is 5. The van der Waals surface area contributed by atoms with Gasteiger partial charge >= 0.3 is 0 Å². The molecular weight excluding hydrogens is 230 g/mol. The molecule has 3 atom stereocenters. The summed E-state index contributed by atoms with van der Waals surface area (Å²) in [5, 5.41) is 4.12. The van der Waals surface area contributed by atoms with E-state index in [1.807, 2.05) is 0 Å². The molecule has 5 nitrogen and oxygen atoms in total. The Bertz CT molecular complexity index is 410. The van der Waals surface area contributed by atoms with Crippen molar-refractivity contribution in [3.8, 4) is 0 Å². The minimum atomic E-state index is -0.214. The Labute approximate surface area is 107 Å². The quantitative estimate of drug-likeness (QED) is 0.869. The number of ether oxygens (including phenoxy) is 1. The van der Waals surface area contributed by atoms with Crippen molar-refractivity contribution in [1.29, 1.82) is 0 Å². The molecule has 0 bridgehead atoms. The molecule has 2 heterocycles. The van der Waals surface area contributed by atoms with Gasteiger partial charge in [-0.2, -0.15) is 4.98 Å². The second kappa shape index (κ2) is 4.63. The van der Waals surface area contributed by atoms with Gasteiger partial charge in [0.1, 0.15) is 0 Å². The highest BCUT2D eigenvalue weighted by Crippen LogP contribution is 2.38. The average Bonchev–Trinajstić information content (AvgIpc) is 2.99. The highest BCUT2D eigenvalue weighted by atomic mass is 16.5. The van der Waals surface area contributed by atoms with Crippen LogP contribution in [-0.2, 0) is 4.74 Å². The third-order valence-corrected chi connectivity index (χ3v) is 4.30. The van der Waals surface area contributed by atoms with Gasteiger partial charge < -0.3 is 15.0 Å². The molecule has 0 spiro atoms. The van der Waals surface area contributed by atoms with Gasteiger partial charge in [-0.05, 0) is 26.2 Å². The van der Waals surface area contributed by atoms with Crippen molar-refractivity contribution >= 4 is 0 Å². The molecule has 1 aromatic rings. The lowest BCUT2D eigenvalue weighted by Gasteiger charge is -2.35. The van der Waals surface area contributed by atoms with Crippen LogP contribution in [0.4, 0.5) is 0 Å². The lowest BCUT2D eigenvalue weighted by Crippen LogP contribution is -2.44. The topological polar surface area (TPSA) is 74.2 Å². The van der Waals surface area contributed by atoms with E-state index >= 15 is 0 Å². The SMILES string of the molecule is CC1(N)CCCCC1c1nc(C2CCOC2)no1. The van der Waals surface area contributed by atoms with Crippen LogP contribution in [0, 0.1) is 0 Å². The van der Waals surface area contributed by atoms with Crippen molar-refractivity contribution in [3.05, 3.63) is 11.7 Å². The predicted molar refractivity (Wildman–Crippen MR) is 66.3 cm³/mol. The summed E-state index contributed by atoms with van der Waals surface area (Å²) >= 11 is 0. The van der Waals surface area contributed by atoms with E-state index in [4.69, 9.17) is 15.0 Å². The molecule has 1 aliphatic carbocycles. The van der Waals surface area contributed by atoms with Crippen LogP contribution in [0.2, 0.25) is 0 Å². The molecule has 2 N–H and O–H groups in total. The van der Waals surface area contributed by atoms with Crippen molar-refractivity contribution in [2.75, 3.05) is 13.2 Å². The lowest BCUT2D eigenvalue weighted by molar-refractivity contribution is 0.192. The summed E-state index contributed by atoms with van der Waals surface area (Å²) in [7, 11) is 0. The first-order valence-corrected chi connectivity index (χ1v) is 6.87. The van der Waals surface area contributed by atoms with Gasteiger partial charge in [-0.1, -0.05) is 18.0 Å². The van der Waals surface area contributed by atoms with E-state index in [2.05, 4.69) is 17.1 Å². The normalized spacial score (nSPS) is 37.0. The van der Waals surface area contributed by atoms with E-state index < -0.39 is 0 Å². The maximum absolute atomic E-state index is 6.36. The maximum Gasteiger partial charge on any atom is 0.231 e. The molecule has 2 aliphatic rings. The van der Waals surface area contributed by atoms with Crippen LogP contribution in [0.1, 0.15) is 62.6 Å². The molecular formula is C13H21N3O2. The van der Waals surface area contributed by atoms with Crippen LogP contribution >= 0.6 is 0 Å². The van der Waals surface area contributed by atoms with Gasteiger partial charge in [0.25, 0.3) is 0 Å². The highest BCUT2D eigenvalue weighted by Gasteiger charge is 2.38. The molecule has 0 aromatic carbocycles. The van der Waals surface area contributed by atoms with E-state index in [-0.39, 0.29) is 11.5 Å². The number of nitrogens with zero attached hydrogens (tertiary/aromatic N) is 2. The summed E-state index contributed by atoms with van der Waals surface area (Å²) in [6.07, 6.45) is 5.46. The summed E-state index contributed by atoms with van der Waals surface area (Å²) in [6.45, 7) is 3.61. The Balaban J connectivity index is 1.79. The van der Waals surface area contributed by atoms with Crippen LogP contribution < -0.4 is 5.73 Å². The van der Waals surface area contributed by atoms with Gasteiger partial charge in [0, 0.05) is 18.1 Å². The number of hydrogen-bond donors (Lipinski definition) is 1. The minimum absolute atomic E-state index is 0.204. The van der Waals surface area contributed by atoms with Crippen LogP contribution in [-0.4, -0.2) is 28.9 Å². The molecule has 0 radical (unpaired) electrons. The molecule has 3 unspecified atom stereocenters. The van der Waals surface area contributed by atoms with E-state index in [1.165, 1.54) is 12.8 Å². The Morgan fingerprint density at radius 2 is 2.22 bits per heavy atom. The second-order valence-corrected chi connectivity index (χ2v) is 5.86. The Morgan fingerprint density at radius 1 is 1.33 bits per heavy atom. The van der Waals surface area contributed by atoms with E-state index in [0.29, 0.717) is 12.5 Å². The molecule has 1 saturated carbocycles. The minimum Gasteiger partial charge on any atom is -0.381 e. The number of nitrogens with two attached hydrogens (primary N) is 1. The third kappa shape index (κ3) is 2.17.